The second-order valence-electron chi connectivity index (χ2n) is 7.91. The molecular formula is C18H28N4O2. The van der Waals surface area contributed by atoms with Crippen LogP contribution in [0.3, 0.4) is 0 Å². The Bertz CT molecular complexity index is 628. The Morgan fingerprint density at radius 2 is 2.29 bits per heavy atom. The molecule has 132 valence electrons. The average Bonchev–Trinajstić information content (AvgIpc) is 3.13. The lowest BCUT2D eigenvalue weighted by Crippen LogP contribution is -2.65. The minimum absolute atomic E-state index is 0.237. The molecule has 0 saturated carbocycles. The van der Waals surface area contributed by atoms with Crippen LogP contribution in [0.4, 0.5) is 0 Å². The molecule has 0 unspecified atom stereocenters. The number of carbonyl (C=O) groups excluding carboxylic acids is 1. The Kier molecular flexibility index (Phi) is 3.92. The van der Waals surface area contributed by atoms with E-state index in [-0.39, 0.29) is 11.8 Å². The maximum absolute atomic E-state index is 12.6. The summed E-state index contributed by atoms with van der Waals surface area (Å²) in [7, 11) is 2.04. The lowest BCUT2D eigenvalue weighted by Gasteiger charge is -2.53. The van der Waals surface area contributed by atoms with Crippen molar-refractivity contribution in [3.05, 3.63) is 18.2 Å². The summed E-state index contributed by atoms with van der Waals surface area (Å²) in [6, 6.07) is 0.237. The van der Waals surface area contributed by atoms with E-state index in [1.54, 1.807) is 0 Å². The molecule has 0 radical (unpaired) electrons. The van der Waals surface area contributed by atoms with E-state index in [0.29, 0.717) is 30.8 Å². The van der Waals surface area contributed by atoms with Crippen molar-refractivity contribution in [3.8, 4) is 0 Å². The van der Waals surface area contributed by atoms with E-state index in [9.17, 15) is 4.79 Å². The molecule has 0 N–H and O–H groups in total. The van der Waals surface area contributed by atoms with E-state index >= 15 is 0 Å². The molecule has 3 fully saturated rings. The second-order valence-corrected chi connectivity index (χ2v) is 7.91. The van der Waals surface area contributed by atoms with Crippen LogP contribution < -0.4 is 0 Å². The zero-order valence-electron chi connectivity index (χ0n) is 14.9. The van der Waals surface area contributed by atoms with Gasteiger partial charge in [0.05, 0.1) is 19.2 Å². The van der Waals surface area contributed by atoms with Crippen LogP contribution in [-0.4, -0.2) is 56.7 Å². The number of aromatic nitrogens is 2. The smallest absolute Gasteiger partial charge is 0.225 e. The fourth-order valence-corrected chi connectivity index (χ4v) is 4.74. The van der Waals surface area contributed by atoms with Crippen LogP contribution in [0.5, 0.6) is 0 Å². The first-order chi connectivity index (χ1) is 11.5. The zero-order chi connectivity index (χ0) is 16.9. The molecule has 1 spiro atoms. The summed E-state index contributed by atoms with van der Waals surface area (Å²) in [5, 5.41) is 0. The maximum Gasteiger partial charge on any atom is 0.225 e. The van der Waals surface area contributed by atoms with E-state index in [0.717, 1.165) is 38.3 Å². The van der Waals surface area contributed by atoms with Crippen molar-refractivity contribution in [3.63, 3.8) is 0 Å². The highest BCUT2D eigenvalue weighted by Gasteiger charge is 2.58. The third-order valence-electron chi connectivity index (χ3n) is 6.18. The topological polar surface area (TPSA) is 50.6 Å². The molecule has 1 aromatic heterocycles. The average molecular weight is 332 g/mol. The molecule has 24 heavy (non-hydrogen) atoms. The van der Waals surface area contributed by atoms with Crippen molar-refractivity contribution in [2.24, 2.45) is 18.9 Å². The van der Waals surface area contributed by atoms with Crippen molar-refractivity contribution in [1.82, 2.24) is 19.4 Å². The third kappa shape index (κ3) is 2.39. The molecule has 6 nitrogen and oxygen atoms in total. The van der Waals surface area contributed by atoms with Crippen molar-refractivity contribution >= 4 is 5.91 Å². The minimum Gasteiger partial charge on any atom is -0.353 e. The number of likely N-dealkylation sites (tertiary alicyclic amines) is 1. The van der Waals surface area contributed by atoms with E-state index in [2.05, 4.69) is 33.2 Å². The van der Waals surface area contributed by atoms with E-state index in [4.69, 9.17) is 4.74 Å². The highest BCUT2D eigenvalue weighted by Crippen LogP contribution is 2.47. The first kappa shape index (κ1) is 16.1. The Labute approximate surface area is 143 Å². The Morgan fingerprint density at radius 3 is 3.00 bits per heavy atom. The van der Waals surface area contributed by atoms with Gasteiger partial charge in [-0.15, -0.1) is 0 Å². The molecule has 1 amide bonds. The number of carbonyl (C=O) groups is 1. The highest BCUT2D eigenvalue weighted by atomic mass is 16.5. The van der Waals surface area contributed by atoms with Gasteiger partial charge in [0.2, 0.25) is 5.91 Å². The molecule has 4 heterocycles. The fraction of sp³-hybridized carbons (Fsp3) is 0.778. The van der Waals surface area contributed by atoms with Gasteiger partial charge in [-0.05, 0) is 12.3 Å². The van der Waals surface area contributed by atoms with Gasteiger partial charge in [-0.25, -0.2) is 4.98 Å². The molecule has 3 saturated heterocycles. The molecule has 0 bridgehead atoms. The number of hydrogen-bond acceptors (Lipinski definition) is 4. The number of nitrogens with zero attached hydrogens (tertiary/aromatic N) is 4. The van der Waals surface area contributed by atoms with Crippen LogP contribution in [0.2, 0.25) is 0 Å². The lowest BCUT2D eigenvalue weighted by atomic mass is 9.79. The summed E-state index contributed by atoms with van der Waals surface area (Å²) in [5.41, 5.74) is -0.345. The quantitative estimate of drug-likeness (QED) is 0.844. The van der Waals surface area contributed by atoms with Gasteiger partial charge >= 0.3 is 0 Å². The van der Waals surface area contributed by atoms with Crippen molar-refractivity contribution in [2.75, 3.05) is 19.7 Å². The predicted octanol–water partition coefficient (Wildman–Crippen LogP) is 1.62. The summed E-state index contributed by atoms with van der Waals surface area (Å²) in [5.74, 6) is 2.24. The first-order valence-electron chi connectivity index (χ1n) is 9.16. The minimum atomic E-state index is -0.345. The Morgan fingerprint density at radius 1 is 1.46 bits per heavy atom. The van der Waals surface area contributed by atoms with Gasteiger partial charge in [-0.1, -0.05) is 13.8 Å². The summed E-state index contributed by atoms with van der Waals surface area (Å²) in [6.07, 6.45) is 6.37. The van der Waals surface area contributed by atoms with Crippen molar-refractivity contribution < 1.29 is 9.53 Å². The number of hydrogen-bond donors (Lipinski definition) is 0. The third-order valence-corrected chi connectivity index (χ3v) is 6.18. The lowest BCUT2D eigenvalue weighted by molar-refractivity contribution is -0.193. The number of rotatable bonds is 3. The van der Waals surface area contributed by atoms with Gasteiger partial charge < -0.3 is 14.2 Å². The SMILES string of the molecule is CC(C)[C@H]1CO[C@]23CCN(Cc4nccn4C)C[C@H]2CCC(=O)N13. The Hall–Kier alpha value is -1.40. The molecule has 0 aliphatic carbocycles. The van der Waals surface area contributed by atoms with E-state index in [1.807, 2.05) is 19.4 Å². The van der Waals surface area contributed by atoms with Crippen LogP contribution in [-0.2, 0) is 23.1 Å². The molecule has 3 aliphatic heterocycles. The van der Waals surface area contributed by atoms with E-state index < -0.39 is 0 Å². The van der Waals surface area contributed by atoms with Crippen LogP contribution in [0.25, 0.3) is 0 Å². The number of amides is 1. The van der Waals surface area contributed by atoms with Gasteiger partial charge in [-0.3, -0.25) is 9.69 Å². The normalized spacial score (nSPS) is 33.8. The van der Waals surface area contributed by atoms with Crippen molar-refractivity contribution in [1.29, 1.82) is 0 Å². The van der Waals surface area contributed by atoms with Gasteiger partial charge in [0.1, 0.15) is 11.5 Å². The molecule has 3 aliphatic rings. The monoisotopic (exact) mass is 332 g/mol. The maximum atomic E-state index is 12.6. The molecule has 4 rings (SSSR count). The molecule has 6 heteroatoms. The predicted molar refractivity (Wildman–Crippen MR) is 90.0 cm³/mol. The molecule has 0 aromatic carbocycles. The molecule has 3 atom stereocenters. The summed E-state index contributed by atoms with van der Waals surface area (Å²) < 4.78 is 8.44. The number of imidazole rings is 1. The van der Waals surface area contributed by atoms with Gasteiger partial charge in [0.25, 0.3) is 0 Å². The van der Waals surface area contributed by atoms with Gasteiger partial charge in [0.15, 0.2) is 0 Å². The van der Waals surface area contributed by atoms with Gasteiger partial charge in [0, 0.05) is 51.3 Å². The first-order valence-corrected chi connectivity index (χ1v) is 9.16. The number of aryl methyl sites for hydroxylation is 1. The van der Waals surface area contributed by atoms with Crippen molar-refractivity contribution in [2.45, 2.75) is 51.4 Å². The number of piperidine rings is 2. The van der Waals surface area contributed by atoms with E-state index in [1.165, 1.54) is 0 Å². The molecule has 1 aromatic rings. The molecular weight excluding hydrogens is 304 g/mol. The van der Waals surface area contributed by atoms with Crippen LogP contribution in [0.1, 0.15) is 38.9 Å². The Balaban J connectivity index is 1.53. The summed E-state index contributed by atoms with van der Waals surface area (Å²) in [6.45, 7) is 7.90. The van der Waals surface area contributed by atoms with Gasteiger partial charge in [-0.2, -0.15) is 0 Å². The summed E-state index contributed by atoms with van der Waals surface area (Å²) in [4.78, 5) is 21.7. The summed E-state index contributed by atoms with van der Waals surface area (Å²) >= 11 is 0. The standard InChI is InChI=1S/C18H28N4O2/c1-13(2)15-12-24-18-6-8-21(11-16-19-7-9-20(16)3)10-14(18)4-5-17(23)22(15)18/h7,9,13-15H,4-6,8,10-12H2,1-3H3/t14-,15-,18-/m1/s1. The number of ether oxygens (including phenoxy) is 1. The van der Waals surface area contributed by atoms with Crippen LogP contribution >= 0.6 is 0 Å². The second kappa shape index (κ2) is 5.85. The van der Waals surface area contributed by atoms with Crippen LogP contribution in [0, 0.1) is 11.8 Å². The fourth-order valence-electron chi connectivity index (χ4n) is 4.74. The van der Waals surface area contributed by atoms with Crippen LogP contribution in [0.15, 0.2) is 12.4 Å². The largest absolute Gasteiger partial charge is 0.353 e. The zero-order valence-corrected chi connectivity index (χ0v) is 14.9. The highest BCUT2D eigenvalue weighted by molar-refractivity contribution is 5.78.